The lowest BCUT2D eigenvalue weighted by Gasteiger charge is -2.33. The van der Waals surface area contributed by atoms with Gasteiger partial charge in [0.1, 0.15) is 0 Å². The molecule has 4 aromatic rings. The molecule has 0 aliphatic rings. The normalized spacial score (nSPS) is 11.9. The summed E-state index contributed by atoms with van der Waals surface area (Å²) in [7, 11) is -2.92. The highest BCUT2D eigenvalue weighted by Crippen LogP contribution is 2.22. The largest absolute Gasteiger partial charge is 0.408 e. The summed E-state index contributed by atoms with van der Waals surface area (Å²) in [4.78, 5) is 0. The van der Waals surface area contributed by atoms with Crippen LogP contribution in [0.4, 0.5) is 0 Å². The molecule has 148 valence electrons. The fourth-order valence-corrected chi connectivity index (χ4v) is 7.79. The molecule has 29 heavy (non-hydrogen) atoms. The second-order valence-electron chi connectivity index (χ2n) is 7.37. The Kier molecular flexibility index (Phi) is 6.10. The third-order valence-electron chi connectivity index (χ3n) is 5.31. The van der Waals surface area contributed by atoms with Gasteiger partial charge in [-0.3, -0.25) is 0 Å². The van der Waals surface area contributed by atoms with Gasteiger partial charge in [-0.2, -0.15) is 0 Å². The van der Waals surface area contributed by atoms with Gasteiger partial charge < -0.3 is 8.85 Å². The predicted octanol–water partition coefficient (Wildman–Crippen LogP) is 5.40. The van der Waals surface area contributed by atoms with Crippen LogP contribution < -0.4 is 10.4 Å². The van der Waals surface area contributed by atoms with E-state index in [1.807, 2.05) is 0 Å². The minimum atomic E-state index is -2.92. The topological polar surface area (TPSA) is 18.5 Å². The molecule has 0 spiro atoms. The van der Waals surface area contributed by atoms with E-state index in [1.165, 1.54) is 31.9 Å². The predicted molar refractivity (Wildman–Crippen MR) is 125 cm³/mol. The minimum Gasteiger partial charge on any atom is -0.388 e. The molecule has 4 aromatic carbocycles. The Morgan fingerprint density at radius 3 is 1.41 bits per heavy atom. The Morgan fingerprint density at radius 2 is 0.966 bits per heavy atom. The summed E-state index contributed by atoms with van der Waals surface area (Å²) >= 11 is 0. The van der Waals surface area contributed by atoms with Gasteiger partial charge in [0.2, 0.25) is 0 Å². The molecule has 0 unspecified atom stereocenters. The van der Waals surface area contributed by atoms with Crippen molar-refractivity contribution in [1.29, 1.82) is 0 Å². The van der Waals surface area contributed by atoms with Gasteiger partial charge in [-0.15, -0.1) is 0 Å². The second-order valence-corrected chi connectivity index (χ2v) is 10.3. The number of hydrogen-bond acceptors (Lipinski definition) is 2. The molecule has 0 amide bonds. The average Bonchev–Trinajstić information content (AvgIpc) is 2.79. The number of rotatable bonds is 8. The quantitative estimate of drug-likeness (QED) is 0.369. The van der Waals surface area contributed by atoms with E-state index in [1.54, 1.807) is 0 Å². The van der Waals surface area contributed by atoms with Crippen molar-refractivity contribution in [2.45, 2.75) is 26.7 Å². The molecule has 0 saturated heterocycles. The molecule has 0 bridgehead atoms. The standard InChI is InChI=1S/C26H28O2Si/c1-3-19-27-29(28-20-4-2,25-17-9-13-21-11-5-7-15-23(21)25)26-18-10-14-22-12-6-8-16-24(22)26/h5-18H,3-4,19-20H2,1-2H3. The van der Waals surface area contributed by atoms with E-state index < -0.39 is 8.56 Å². The Labute approximate surface area is 174 Å². The zero-order valence-electron chi connectivity index (χ0n) is 17.2. The monoisotopic (exact) mass is 400 g/mol. The first kappa shape index (κ1) is 19.8. The maximum absolute atomic E-state index is 6.79. The van der Waals surface area contributed by atoms with Crippen molar-refractivity contribution in [3.63, 3.8) is 0 Å². The zero-order valence-corrected chi connectivity index (χ0v) is 18.2. The minimum absolute atomic E-state index is 0.683. The lowest BCUT2D eigenvalue weighted by molar-refractivity contribution is 0.192. The molecule has 0 N–H and O–H groups in total. The summed E-state index contributed by atoms with van der Waals surface area (Å²) in [5.41, 5.74) is 0. The van der Waals surface area contributed by atoms with Crippen molar-refractivity contribution in [3.05, 3.63) is 84.9 Å². The Bertz CT molecular complexity index is 1010. The molecule has 0 aliphatic heterocycles. The van der Waals surface area contributed by atoms with E-state index in [9.17, 15) is 0 Å². The Hall–Kier alpha value is -2.46. The fraction of sp³-hybridized carbons (Fsp3) is 0.231. The van der Waals surface area contributed by atoms with Crippen molar-refractivity contribution in [2.75, 3.05) is 13.2 Å². The van der Waals surface area contributed by atoms with Gasteiger partial charge >= 0.3 is 8.56 Å². The summed E-state index contributed by atoms with van der Waals surface area (Å²) in [6.45, 7) is 5.68. The van der Waals surface area contributed by atoms with Crippen molar-refractivity contribution < 1.29 is 8.85 Å². The van der Waals surface area contributed by atoms with Crippen LogP contribution in [-0.4, -0.2) is 21.8 Å². The highest BCUT2D eigenvalue weighted by molar-refractivity contribution is 6.95. The molecular formula is C26H28O2Si. The smallest absolute Gasteiger partial charge is 0.388 e. The highest BCUT2D eigenvalue weighted by atomic mass is 28.4. The zero-order chi connectivity index (χ0) is 20.1. The maximum Gasteiger partial charge on any atom is 0.408 e. The van der Waals surface area contributed by atoms with Crippen LogP contribution in [0.5, 0.6) is 0 Å². The molecule has 0 atom stereocenters. The fourth-order valence-electron chi connectivity index (χ4n) is 4.01. The van der Waals surface area contributed by atoms with E-state index >= 15 is 0 Å². The van der Waals surface area contributed by atoms with Crippen LogP contribution in [0.2, 0.25) is 0 Å². The summed E-state index contributed by atoms with van der Waals surface area (Å²) in [6, 6.07) is 30.1. The molecule has 0 heterocycles. The van der Waals surface area contributed by atoms with Gasteiger partial charge in [-0.25, -0.2) is 0 Å². The molecule has 0 saturated carbocycles. The first-order valence-electron chi connectivity index (χ1n) is 10.5. The van der Waals surface area contributed by atoms with Crippen molar-refractivity contribution in [3.8, 4) is 0 Å². The number of fused-ring (bicyclic) bond motifs is 2. The van der Waals surface area contributed by atoms with Gasteiger partial charge in [0.15, 0.2) is 0 Å². The van der Waals surface area contributed by atoms with Gasteiger partial charge in [-0.1, -0.05) is 98.8 Å². The summed E-state index contributed by atoms with van der Waals surface area (Å²) in [5.74, 6) is 0. The SMILES string of the molecule is CCCO[Si](OCCC)(c1cccc2ccccc12)c1cccc2ccccc12. The second kappa shape index (κ2) is 8.91. The Morgan fingerprint density at radius 1 is 0.552 bits per heavy atom. The van der Waals surface area contributed by atoms with Crippen molar-refractivity contribution in [1.82, 2.24) is 0 Å². The first-order chi connectivity index (χ1) is 14.3. The molecule has 3 heteroatoms. The van der Waals surface area contributed by atoms with E-state index in [0.717, 1.165) is 12.8 Å². The number of benzene rings is 4. The lowest BCUT2D eigenvalue weighted by atomic mass is 10.1. The Balaban J connectivity index is 2.05. The van der Waals surface area contributed by atoms with Crippen LogP contribution >= 0.6 is 0 Å². The van der Waals surface area contributed by atoms with E-state index in [4.69, 9.17) is 8.85 Å². The van der Waals surface area contributed by atoms with Crippen LogP contribution in [0.1, 0.15) is 26.7 Å². The number of hydrogen-bond donors (Lipinski definition) is 0. The summed E-state index contributed by atoms with van der Waals surface area (Å²) in [5, 5.41) is 7.30. The molecule has 0 aromatic heterocycles. The van der Waals surface area contributed by atoms with E-state index in [-0.39, 0.29) is 0 Å². The van der Waals surface area contributed by atoms with Gasteiger partial charge in [0.05, 0.1) is 0 Å². The first-order valence-corrected chi connectivity index (χ1v) is 12.4. The molecule has 0 radical (unpaired) electrons. The average molecular weight is 401 g/mol. The van der Waals surface area contributed by atoms with Crippen LogP contribution in [-0.2, 0) is 8.85 Å². The molecule has 4 rings (SSSR count). The summed E-state index contributed by atoms with van der Waals surface area (Å²) in [6.07, 6.45) is 1.92. The third kappa shape index (κ3) is 3.74. The lowest BCUT2D eigenvalue weighted by Crippen LogP contribution is -2.64. The van der Waals surface area contributed by atoms with Crippen molar-refractivity contribution >= 4 is 40.5 Å². The van der Waals surface area contributed by atoms with Crippen LogP contribution in [0.25, 0.3) is 21.5 Å². The van der Waals surface area contributed by atoms with Gasteiger partial charge in [0.25, 0.3) is 0 Å². The van der Waals surface area contributed by atoms with Gasteiger partial charge in [-0.05, 0) is 34.4 Å². The van der Waals surface area contributed by atoms with E-state index in [2.05, 4.69) is 98.8 Å². The van der Waals surface area contributed by atoms with Crippen LogP contribution in [0.3, 0.4) is 0 Å². The van der Waals surface area contributed by atoms with Crippen LogP contribution in [0.15, 0.2) is 84.9 Å². The molecular weight excluding hydrogens is 372 g/mol. The van der Waals surface area contributed by atoms with Crippen LogP contribution in [0, 0.1) is 0 Å². The third-order valence-corrected chi connectivity index (χ3v) is 8.82. The summed E-state index contributed by atoms with van der Waals surface area (Å²) < 4.78 is 13.6. The van der Waals surface area contributed by atoms with E-state index in [0.29, 0.717) is 13.2 Å². The molecule has 0 aliphatic carbocycles. The van der Waals surface area contributed by atoms with Crippen molar-refractivity contribution in [2.24, 2.45) is 0 Å². The maximum atomic E-state index is 6.79. The molecule has 2 nitrogen and oxygen atoms in total. The van der Waals surface area contributed by atoms with Gasteiger partial charge in [0, 0.05) is 23.6 Å². The molecule has 0 fully saturated rings. The highest BCUT2D eigenvalue weighted by Gasteiger charge is 2.44.